The Morgan fingerprint density at radius 1 is 1.00 bits per heavy atom. The van der Waals surface area contributed by atoms with Crippen LogP contribution in [-0.4, -0.2) is 35.9 Å². The maximum Gasteiger partial charge on any atom is 0.242 e. The minimum absolute atomic E-state index is 0.554. The number of nitrogens with zero attached hydrogens (tertiary/aromatic N) is 3. The molecule has 112 valence electrons. The summed E-state index contributed by atoms with van der Waals surface area (Å²) < 4.78 is 10.5. The molecule has 0 saturated carbocycles. The average molecular weight is 288 g/mol. The van der Waals surface area contributed by atoms with Crippen LogP contribution >= 0.6 is 0 Å². The van der Waals surface area contributed by atoms with Crippen LogP contribution < -0.4 is 14.8 Å². The van der Waals surface area contributed by atoms with E-state index in [2.05, 4.69) is 20.5 Å². The Hall–Kier alpha value is -2.37. The smallest absolute Gasteiger partial charge is 0.242 e. The Labute approximate surface area is 124 Å². The number of benzene rings is 1. The van der Waals surface area contributed by atoms with E-state index in [1.807, 2.05) is 32.0 Å². The SMILES string of the molecule is COc1ccc(CCNc2nnc(C)c(C)n2)cc1OC. The third kappa shape index (κ3) is 3.81. The second-order valence-electron chi connectivity index (χ2n) is 4.67. The Balaban J connectivity index is 1.95. The van der Waals surface area contributed by atoms with Gasteiger partial charge in [0.15, 0.2) is 11.5 Å². The quantitative estimate of drug-likeness (QED) is 0.878. The van der Waals surface area contributed by atoms with Crippen LogP contribution in [-0.2, 0) is 6.42 Å². The van der Waals surface area contributed by atoms with Crippen molar-refractivity contribution in [3.05, 3.63) is 35.2 Å². The van der Waals surface area contributed by atoms with Crippen LogP contribution in [0.4, 0.5) is 5.95 Å². The Kier molecular flexibility index (Phi) is 4.92. The van der Waals surface area contributed by atoms with E-state index < -0.39 is 0 Å². The molecule has 2 rings (SSSR count). The van der Waals surface area contributed by atoms with E-state index in [1.54, 1.807) is 14.2 Å². The fourth-order valence-corrected chi connectivity index (χ4v) is 1.89. The first-order valence-corrected chi connectivity index (χ1v) is 6.76. The largest absolute Gasteiger partial charge is 0.493 e. The normalized spacial score (nSPS) is 10.3. The van der Waals surface area contributed by atoms with Crippen LogP contribution in [0.2, 0.25) is 0 Å². The molecule has 0 unspecified atom stereocenters. The lowest BCUT2D eigenvalue weighted by atomic mass is 10.1. The number of nitrogens with one attached hydrogen (secondary N) is 1. The van der Waals surface area contributed by atoms with Crippen LogP contribution in [0.5, 0.6) is 11.5 Å². The topological polar surface area (TPSA) is 69.2 Å². The summed E-state index contributed by atoms with van der Waals surface area (Å²) in [7, 11) is 3.26. The van der Waals surface area contributed by atoms with Crippen molar-refractivity contribution in [3.63, 3.8) is 0 Å². The highest BCUT2D eigenvalue weighted by atomic mass is 16.5. The number of anilines is 1. The van der Waals surface area contributed by atoms with Crippen LogP contribution in [0.15, 0.2) is 18.2 Å². The molecule has 1 N–H and O–H groups in total. The second-order valence-corrected chi connectivity index (χ2v) is 4.67. The van der Waals surface area contributed by atoms with Crippen molar-refractivity contribution in [2.24, 2.45) is 0 Å². The van der Waals surface area contributed by atoms with Crippen molar-refractivity contribution in [1.29, 1.82) is 0 Å². The highest BCUT2D eigenvalue weighted by Crippen LogP contribution is 2.27. The van der Waals surface area contributed by atoms with E-state index in [0.29, 0.717) is 5.95 Å². The van der Waals surface area contributed by atoms with Gasteiger partial charge in [0.25, 0.3) is 0 Å². The van der Waals surface area contributed by atoms with Gasteiger partial charge in [-0.05, 0) is 38.0 Å². The molecule has 0 bridgehead atoms. The zero-order valence-corrected chi connectivity index (χ0v) is 12.8. The van der Waals surface area contributed by atoms with Gasteiger partial charge in [-0.1, -0.05) is 6.07 Å². The van der Waals surface area contributed by atoms with Crippen LogP contribution in [0.3, 0.4) is 0 Å². The van der Waals surface area contributed by atoms with Crippen molar-refractivity contribution in [2.75, 3.05) is 26.1 Å². The van der Waals surface area contributed by atoms with E-state index in [0.717, 1.165) is 41.4 Å². The summed E-state index contributed by atoms with van der Waals surface area (Å²) in [6.45, 7) is 4.53. The fourth-order valence-electron chi connectivity index (χ4n) is 1.89. The predicted molar refractivity (Wildman–Crippen MR) is 81.0 cm³/mol. The number of methoxy groups -OCH3 is 2. The second kappa shape index (κ2) is 6.88. The number of ether oxygens (including phenoxy) is 2. The Morgan fingerprint density at radius 3 is 2.43 bits per heavy atom. The summed E-state index contributed by atoms with van der Waals surface area (Å²) in [5.74, 6) is 2.02. The molecule has 1 aromatic heterocycles. The molecule has 0 aliphatic heterocycles. The summed E-state index contributed by atoms with van der Waals surface area (Å²) in [5.41, 5.74) is 2.89. The van der Waals surface area contributed by atoms with Gasteiger partial charge >= 0.3 is 0 Å². The van der Waals surface area contributed by atoms with E-state index in [9.17, 15) is 0 Å². The summed E-state index contributed by atoms with van der Waals surface area (Å²) in [4.78, 5) is 4.34. The van der Waals surface area contributed by atoms with Crippen molar-refractivity contribution < 1.29 is 9.47 Å². The molecule has 0 saturated heterocycles. The van der Waals surface area contributed by atoms with E-state index in [1.165, 1.54) is 0 Å². The Bertz CT molecular complexity index is 617. The first-order chi connectivity index (χ1) is 10.1. The van der Waals surface area contributed by atoms with Crippen molar-refractivity contribution in [2.45, 2.75) is 20.3 Å². The lowest BCUT2D eigenvalue weighted by molar-refractivity contribution is 0.354. The molecule has 2 aromatic rings. The van der Waals surface area contributed by atoms with Crippen molar-refractivity contribution in [1.82, 2.24) is 15.2 Å². The molecule has 0 atom stereocenters. The third-order valence-corrected chi connectivity index (χ3v) is 3.24. The van der Waals surface area contributed by atoms with E-state index in [4.69, 9.17) is 9.47 Å². The van der Waals surface area contributed by atoms with Crippen molar-refractivity contribution >= 4 is 5.95 Å². The molecule has 0 amide bonds. The highest BCUT2D eigenvalue weighted by Gasteiger charge is 2.05. The van der Waals surface area contributed by atoms with E-state index >= 15 is 0 Å². The lowest BCUT2D eigenvalue weighted by Crippen LogP contribution is -2.10. The standard InChI is InChI=1S/C15H20N4O2/c1-10-11(2)18-19-15(17-10)16-8-7-12-5-6-13(20-3)14(9-12)21-4/h5-6,9H,7-8H2,1-4H3,(H,16,17,19). The molecule has 6 heteroatoms. The lowest BCUT2D eigenvalue weighted by Gasteiger charge is -2.10. The van der Waals surface area contributed by atoms with Crippen LogP contribution in [0, 0.1) is 13.8 Å². The molecular weight excluding hydrogens is 268 g/mol. The molecule has 0 aliphatic rings. The Morgan fingerprint density at radius 2 is 1.76 bits per heavy atom. The van der Waals surface area contributed by atoms with Crippen molar-refractivity contribution in [3.8, 4) is 11.5 Å². The van der Waals surface area contributed by atoms with Crippen LogP contribution in [0.1, 0.15) is 17.0 Å². The number of hydrogen-bond donors (Lipinski definition) is 1. The molecule has 1 heterocycles. The molecule has 0 aliphatic carbocycles. The van der Waals surface area contributed by atoms with Gasteiger partial charge in [0.05, 0.1) is 25.6 Å². The van der Waals surface area contributed by atoms with Gasteiger partial charge in [0.2, 0.25) is 5.95 Å². The molecule has 6 nitrogen and oxygen atoms in total. The summed E-state index contributed by atoms with van der Waals surface area (Å²) in [6, 6.07) is 5.89. The van der Waals surface area contributed by atoms with Crippen LogP contribution in [0.25, 0.3) is 0 Å². The average Bonchev–Trinajstić information content (AvgIpc) is 2.50. The van der Waals surface area contributed by atoms with Gasteiger partial charge in [0, 0.05) is 6.54 Å². The van der Waals surface area contributed by atoms with Gasteiger partial charge in [-0.15, -0.1) is 5.10 Å². The fraction of sp³-hybridized carbons (Fsp3) is 0.400. The highest BCUT2D eigenvalue weighted by molar-refractivity contribution is 5.43. The first kappa shape index (κ1) is 15.0. The van der Waals surface area contributed by atoms with Gasteiger partial charge in [-0.3, -0.25) is 0 Å². The maximum atomic E-state index is 5.29. The minimum Gasteiger partial charge on any atom is -0.493 e. The summed E-state index contributed by atoms with van der Waals surface area (Å²) in [5, 5.41) is 11.2. The zero-order chi connectivity index (χ0) is 15.2. The maximum absolute atomic E-state index is 5.29. The number of hydrogen-bond acceptors (Lipinski definition) is 6. The van der Waals surface area contributed by atoms with Gasteiger partial charge in [-0.25, -0.2) is 4.98 Å². The summed E-state index contributed by atoms with van der Waals surface area (Å²) in [6.07, 6.45) is 0.830. The molecule has 0 radical (unpaired) electrons. The third-order valence-electron chi connectivity index (χ3n) is 3.24. The van der Waals surface area contributed by atoms with Gasteiger partial charge in [0.1, 0.15) is 0 Å². The molecule has 0 spiro atoms. The van der Waals surface area contributed by atoms with Gasteiger partial charge in [-0.2, -0.15) is 5.10 Å². The number of rotatable bonds is 6. The molecule has 0 fully saturated rings. The number of aryl methyl sites for hydroxylation is 2. The van der Waals surface area contributed by atoms with Gasteiger partial charge < -0.3 is 14.8 Å². The molecule has 21 heavy (non-hydrogen) atoms. The monoisotopic (exact) mass is 288 g/mol. The first-order valence-electron chi connectivity index (χ1n) is 6.76. The molecule has 1 aromatic carbocycles. The summed E-state index contributed by atoms with van der Waals surface area (Å²) >= 11 is 0. The minimum atomic E-state index is 0.554. The number of aromatic nitrogens is 3. The van der Waals surface area contributed by atoms with E-state index in [-0.39, 0.29) is 0 Å². The predicted octanol–water partition coefficient (Wildman–Crippen LogP) is 2.16. The molecular formula is C15H20N4O2. The zero-order valence-electron chi connectivity index (χ0n) is 12.8.